The Morgan fingerprint density at radius 2 is 1.53 bits per heavy atom. The van der Waals surface area contributed by atoms with Crippen molar-refractivity contribution in [1.29, 1.82) is 5.26 Å². The molecule has 0 aliphatic rings. The van der Waals surface area contributed by atoms with Crippen molar-refractivity contribution in [3.8, 4) is 6.07 Å². The van der Waals surface area contributed by atoms with Crippen LogP contribution < -0.4 is 15.8 Å². The van der Waals surface area contributed by atoms with E-state index in [1.807, 2.05) is 43.3 Å². The molecule has 30 heavy (non-hydrogen) atoms. The van der Waals surface area contributed by atoms with Crippen molar-refractivity contribution in [3.05, 3.63) is 89.5 Å². The van der Waals surface area contributed by atoms with Gasteiger partial charge in [0.05, 0.1) is 11.1 Å². The smallest absolute Gasteiger partial charge is 0.270 e. The van der Waals surface area contributed by atoms with E-state index in [-0.39, 0.29) is 0 Å². The molecule has 3 aromatic carbocycles. The molecule has 0 aliphatic heterocycles. The van der Waals surface area contributed by atoms with Gasteiger partial charge in [-0.1, -0.05) is 42.1 Å². The number of hydrogen-bond donors (Lipinski definition) is 2. The minimum absolute atomic E-state index is 0.401. The summed E-state index contributed by atoms with van der Waals surface area (Å²) in [7, 11) is 3.77. The summed E-state index contributed by atoms with van der Waals surface area (Å²) >= 11 is 1.33. The molecule has 0 fully saturated rings. The van der Waals surface area contributed by atoms with Gasteiger partial charge in [-0.05, 0) is 42.5 Å². The highest BCUT2D eigenvalue weighted by atomic mass is 32.2. The van der Waals surface area contributed by atoms with Gasteiger partial charge in [-0.2, -0.15) is 5.26 Å². The fourth-order valence-corrected chi connectivity index (χ4v) is 3.71. The Morgan fingerprint density at radius 1 is 0.867 bits per heavy atom. The van der Waals surface area contributed by atoms with Gasteiger partial charge in [-0.25, -0.2) is 0 Å². The summed E-state index contributed by atoms with van der Waals surface area (Å²) in [6, 6.07) is 23.5. The van der Waals surface area contributed by atoms with Gasteiger partial charge >= 0.3 is 0 Å². The molecule has 2 N–H and O–H groups in total. The number of anilines is 1. The minimum Gasteiger partial charge on any atom is -0.378 e. The van der Waals surface area contributed by atoms with Crippen LogP contribution in [0.5, 0.6) is 0 Å². The molecule has 0 aliphatic carbocycles. The van der Waals surface area contributed by atoms with Gasteiger partial charge in [0.25, 0.3) is 11.8 Å². The fraction of sp³-hybridized carbons (Fsp3) is 0.0870. The van der Waals surface area contributed by atoms with E-state index >= 15 is 0 Å². The number of nitrogens with zero attached hydrogens (tertiary/aromatic N) is 2. The maximum atomic E-state index is 12.7. The number of rotatable bonds is 5. The Bertz CT molecular complexity index is 1120. The zero-order valence-corrected chi connectivity index (χ0v) is 17.4. The lowest BCUT2D eigenvalue weighted by Crippen LogP contribution is -2.41. The SMILES string of the molecule is CN(C)c1cccc(C(=O)NNC(=O)c2ccccc2Sc2ccccc2C#N)c1. The molecule has 0 heterocycles. The zero-order valence-electron chi connectivity index (χ0n) is 16.5. The van der Waals surface area contributed by atoms with Crippen LogP contribution >= 0.6 is 11.8 Å². The highest BCUT2D eigenvalue weighted by Crippen LogP contribution is 2.32. The van der Waals surface area contributed by atoms with Crippen molar-refractivity contribution < 1.29 is 9.59 Å². The van der Waals surface area contributed by atoms with Gasteiger partial charge in [-0.3, -0.25) is 20.4 Å². The molecular weight excluding hydrogens is 396 g/mol. The Morgan fingerprint density at radius 3 is 2.27 bits per heavy atom. The van der Waals surface area contributed by atoms with E-state index in [1.165, 1.54) is 11.8 Å². The van der Waals surface area contributed by atoms with Crippen LogP contribution in [-0.4, -0.2) is 25.9 Å². The largest absolute Gasteiger partial charge is 0.378 e. The summed E-state index contributed by atoms with van der Waals surface area (Å²) in [5, 5.41) is 9.29. The number of nitrogens with one attached hydrogen (secondary N) is 2. The van der Waals surface area contributed by atoms with Crippen LogP contribution in [0.3, 0.4) is 0 Å². The predicted molar refractivity (Wildman–Crippen MR) is 117 cm³/mol. The first-order valence-corrected chi connectivity index (χ1v) is 9.95. The summed E-state index contributed by atoms with van der Waals surface area (Å²) in [4.78, 5) is 28.5. The van der Waals surface area contributed by atoms with Crippen LogP contribution in [0.15, 0.2) is 82.6 Å². The molecule has 0 aromatic heterocycles. The lowest BCUT2D eigenvalue weighted by Gasteiger charge is -2.14. The minimum atomic E-state index is -0.440. The molecule has 0 saturated heterocycles. The number of hydrazine groups is 1. The first-order chi connectivity index (χ1) is 14.5. The average Bonchev–Trinajstić information content (AvgIpc) is 2.78. The lowest BCUT2D eigenvalue weighted by atomic mass is 10.2. The van der Waals surface area contributed by atoms with Gasteiger partial charge in [0.1, 0.15) is 6.07 Å². The van der Waals surface area contributed by atoms with Crippen molar-refractivity contribution in [2.45, 2.75) is 9.79 Å². The topological polar surface area (TPSA) is 85.2 Å². The quantitative estimate of drug-likeness (QED) is 0.617. The van der Waals surface area contributed by atoms with E-state index in [9.17, 15) is 14.9 Å². The Kier molecular flexibility index (Phi) is 6.73. The molecule has 7 heteroatoms. The van der Waals surface area contributed by atoms with Crippen molar-refractivity contribution in [3.63, 3.8) is 0 Å². The fourth-order valence-electron chi connectivity index (χ4n) is 2.69. The second-order valence-electron chi connectivity index (χ2n) is 6.56. The number of benzene rings is 3. The van der Waals surface area contributed by atoms with Gasteiger partial charge in [0.2, 0.25) is 0 Å². The zero-order chi connectivity index (χ0) is 21.5. The molecule has 3 aromatic rings. The summed E-state index contributed by atoms with van der Waals surface area (Å²) in [5.74, 6) is -0.850. The van der Waals surface area contributed by atoms with Gasteiger partial charge < -0.3 is 4.90 Å². The summed E-state index contributed by atoms with van der Waals surface area (Å²) in [5.41, 5.74) is 7.18. The number of carbonyl (C=O) groups is 2. The third-order valence-corrected chi connectivity index (χ3v) is 5.43. The maximum absolute atomic E-state index is 12.7. The number of amides is 2. The van der Waals surface area contributed by atoms with Crippen LogP contribution in [0.2, 0.25) is 0 Å². The highest BCUT2D eigenvalue weighted by molar-refractivity contribution is 7.99. The Balaban J connectivity index is 1.73. The van der Waals surface area contributed by atoms with Crippen molar-refractivity contribution in [2.75, 3.05) is 19.0 Å². The summed E-state index contributed by atoms with van der Waals surface area (Å²) < 4.78 is 0. The number of carbonyl (C=O) groups excluding carboxylic acids is 2. The number of hydrogen-bond acceptors (Lipinski definition) is 5. The summed E-state index contributed by atoms with van der Waals surface area (Å²) in [6.07, 6.45) is 0. The molecule has 3 rings (SSSR count). The molecule has 0 unspecified atom stereocenters. The van der Waals surface area contributed by atoms with E-state index in [2.05, 4.69) is 16.9 Å². The second-order valence-corrected chi connectivity index (χ2v) is 7.64. The molecule has 0 radical (unpaired) electrons. The molecule has 150 valence electrons. The Labute approximate surface area is 179 Å². The van der Waals surface area contributed by atoms with Gasteiger partial charge in [0.15, 0.2) is 0 Å². The van der Waals surface area contributed by atoms with Gasteiger partial charge in [0, 0.05) is 35.1 Å². The van der Waals surface area contributed by atoms with E-state index in [0.717, 1.165) is 10.6 Å². The van der Waals surface area contributed by atoms with Crippen LogP contribution in [-0.2, 0) is 0 Å². The number of nitriles is 1. The van der Waals surface area contributed by atoms with Crippen molar-refractivity contribution in [2.24, 2.45) is 0 Å². The van der Waals surface area contributed by atoms with Crippen LogP contribution in [0.1, 0.15) is 26.3 Å². The first kappa shape index (κ1) is 21.0. The molecule has 0 atom stereocenters. The van der Waals surface area contributed by atoms with Crippen LogP contribution in [0.25, 0.3) is 0 Å². The maximum Gasteiger partial charge on any atom is 0.270 e. The first-order valence-electron chi connectivity index (χ1n) is 9.13. The Hall–Kier alpha value is -3.76. The van der Waals surface area contributed by atoms with E-state index < -0.39 is 11.8 Å². The monoisotopic (exact) mass is 416 g/mol. The lowest BCUT2D eigenvalue weighted by molar-refractivity contribution is 0.0845. The van der Waals surface area contributed by atoms with Crippen LogP contribution in [0, 0.1) is 11.3 Å². The molecule has 2 amide bonds. The van der Waals surface area contributed by atoms with Crippen LogP contribution in [0.4, 0.5) is 5.69 Å². The second kappa shape index (κ2) is 9.63. The van der Waals surface area contributed by atoms with E-state index in [4.69, 9.17) is 0 Å². The molecule has 0 saturated carbocycles. The average molecular weight is 417 g/mol. The molecule has 0 bridgehead atoms. The molecule has 0 spiro atoms. The van der Waals surface area contributed by atoms with Crippen molar-refractivity contribution in [1.82, 2.24) is 10.9 Å². The molecule has 6 nitrogen and oxygen atoms in total. The van der Waals surface area contributed by atoms with Gasteiger partial charge in [-0.15, -0.1) is 0 Å². The highest BCUT2D eigenvalue weighted by Gasteiger charge is 2.15. The third kappa shape index (κ3) is 4.99. The van der Waals surface area contributed by atoms with Crippen molar-refractivity contribution >= 4 is 29.3 Å². The standard InChI is InChI=1S/C23H20N4O2S/c1-27(2)18-10-7-9-16(14-18)22(28)25-26-23(29)19-11-4-6-13-21(19)30-20-12-5-3-8-17(20)15-24/h3-14H,1-2H3,(H,25,28)(H,26,29). The predicted octanol–water partition coefficient (Wildman–Crippen LogP) is 3.85. The van der Waals surface area contributed by atoms with E-state index in [1.54, 1.807) is 48.5 Å². The third-order valence-electron chi connectivity index (χ3n) is 4.27. The summed E-state index contributed by atoms with van der Waals surface area (Å²) in [6.45, 7) is 0. The molecular formula is C23H20N4O2S. The normalized spacial score (nSPS) is 10.0. The van der Waals surface area contributed by atoms with E-state index in [0.29, 0.717) is 21.6 Å².